The van der Waals surface area contributed by atoms with Crippen LogP contribution < -0.4 is 4.90 Å². The molecule has 4 nitrogen and oxygen atoms in total. The average Bonchev–Trinajstić information content (AvgIpc) is 2.74. The number of esters is 1. The Bertz CT molecular complexity index is 607. The number of methoxy groups -OCH3 is 1. The summed E-state index contributed by atoms with van der Waals surface area (Å²) in [5, 5.41) is 0.261. The number of para-hydroxylation sites is 1. The molecule has 0 fully saturated rings. The fourth-order valence-corrected chi connectivity index (χ4v) is 2.74. The van der Waals surface area contributed by atoms with E-state index in [1.54, 1.807) is 11.0 Å². The molecule has 0 atom stereocenters. The van der Waals surface area contributed by atoms with Crippen molar-refractivity contribution in [3.05, 3.63) is 48.1 Å². The van der Waals surface area contributed by atoms with E-state index in [2.05, 4.69) is 22.5 Å². The number of ether oxygens (including phenoxy) is 1. The Balaban J connectivity index is 2.66. The smallest absolute Gasteiger partial charge is 0.335 e. The van der Waals surface area contributed by atoms with Gasteiger partial charge in [-0.05, 0) is 6.07 Å². The summed E-state index contributed by atoms with van der Waals surface area (Å²) in [4.78, 5) is 26.0. The molecule has 0 bridgehead atoms. The Morgan fingerprint density at radius 1 is 1.45 bits per heavy atom. The predicted molar refractivity (Wildman–Crippen MR) is 81.7 cm³/mol. The predicted octanol–water partition coefficient (Wildman–Crippen LogP) is 2.54. The van der Waals surface area contributed by atoms with Crippen molar-refractivity contribution in [2.45, 2.75) is 0 Å². The molecular weight excluding hydrogens is 322 g/mol. The fraction of sp³-hybridized carbons (Fsp3) is 0.200. The fourth-order valence-electron chi connectivity index (χ4n) is 2.23. The van der Waals surface area contributed by atoms with Crippen LogP contribution in [0.5, 0.6) is 0 Å². The number of amides is 1. The number of carbonyl (C=O) groups excluding carboxylic acids is 2. The SMILES string of the molecule is C=CCN1C(=O)C(=C(CBr)C(=O)OC)c2ccccc21. The minimum Gasteiger partial charge on any atom is -0.466 e. The minimum atomic E-state index is -0.500. The first-order chi connectivity index (χ1) is 9.65. The van der Waals surface area contributed by atoms with Crippen molar-refractivity contribution < 1.29 is 14.3 Å². The molecule has 0 spiro atoms. The summed E-state index contributed by atoms with van der Waals surface area (Å²) in [5.74, 6) is -0.702. The molecule has 1 heterocycles. The third kappa shape index (κ3) is 2.29. The third-order valence-electron chi connectivity index (χ3n) is 3.10. The van der Waals surface area contributed by atoms with Gasteiger partial charge in [0.2, 0.25) is 0 Å². The standard InChI is InChI=1S/C15H14BrNO3/c1-3-8-17-12-7-5-4-6-10(12)13(14(17)18)11(9-16)15(19)20-2/h3-7H,1,8-9H2,2H3. The molecule has 0 aliphatic carbocycles. The molecule has 0 saturated carbocycles. The number of alkyl halides is 1. The van der Waals surface area contributed by atoms with Crippen molar-refractivity contribution in [1.82, 2.24) is 0 Å². The topological polar surface area (TPSA) is 46.6 Å². The molecule has 2 rings (SSSR count). The van der Waals surface area contributed by atoms with Crippen LogP contribution in [0, 0.1) is 0 Å². The van der Waals surface area contributed by atoms with Gasteiger partial charge in [0, 0.05) is 17.4 Å². The van der Waals surface area contributed by atoms with Crippen molar-refractivity contribution in [2.75, 3.05) is 23.9 Å². The normalized spacial score (nSPS) is 15.9. The van der Waals surface area contributed by atoms with E-state index in [1.807, 2.05) is 24.3 Å². The van der Waals surface area contributed by atoms with E-state index < -0.39 is 5.97 Å². The Morgan fingerprint density at radius 2 is 2.15 bits per heavy atom. The maximum atomic E-state index is 12.6. The van der Waals surface area contributed by atoms with E-state index in [0.717, 1.165) is 11.3 Å². The highest BCUT2D eigenvalue weighted by Crippen LogP contribution is 2.38. The lowest BCUT2D eigenvalue weighted by molar-refractivity contribution is -0.136. The van der Waals surface area contributed by atoms with Crippen molar-refractivity contribution in [3.63, 3.8) is 0 Å². The maximum Gasteiger partial charge on any atom is 0.335 e. The molecule has 0 saturated heterocycles. The molecule has 1 aliphatic heterocycles. The second kappa shape index (κ2) is 6.05. The molecule has 1 amide bonds. The van der Waals surface area contributed by atoms with Crippen molar-refractivity contribution in [2.24, 2.45) is 0 Å². The van der Waals surface area contributed by atoms with Crippen molar-refractivity contribution in [1.29, 1.82) is 0 Å². The van der Waals surface area contributed by atoms with E-state index >= 15 is 0 Å². The third-order valence-corrected chi connectivity index (χ3v) is 3.66. The van der Waals surface area contributed by atoms with Crippen molar-refractivity contribution in [3.8, 4) is 0 Å². The number of hydrogen-bond acceptors (Lipinski definition) is 3. The lowest BCUT2D eigenvalue weighted by atomic mass is 10.0. The monoisotopic (exact) mass is 335 g/mol. The van der Waals surface area contributed by atoms with Crippen LogP contribution in [-0.4, -0.2) is 30.9 Å². The maximum absolute atomic E-state index is 12.6. The molecular formula is C15H14BrNO3. The van der Waals surface area contributed by atoms with Gasteiger partial charge in [0.1, 0.15) is 0 Å². The molecule has 1 aliphatic rings. The Hall–Kier alpha value is -1.88. The lowest BCUT2D eigenvalue weighted by Gasteiger charge is -2.14. The highest BCUT2D eigenvalue weighted by atomic mass is 79.9. The number of carbonyl (C=O) groups is 2. The molecule has 0 unspecified atom stereocenters. The average molecular weight is 336 g/mol. The minimum absolute atomic E-state index is 0.203. The van der Waals surface area contributed by atoms with Crippen LogP contribution >= 0.6 is 15.9 Å². The summed E-state index contributed by atoms with van der Waals surface area (Å²) in [6.45, 7) is 4.06. The van der Waals surface area contributed by atoms with Crippen LogP contribution in [0.4, 0.5) is 5.69 Å². The molecule has 1 aromatic carbocycles. The summed E-state index contributed by atoms with van der Waals surface area (Å²) in [5.41, 5.74) is 2.26. The first-order valence-electron chi connectivity index (χ1n) is 6.05. The van der Waals surface area contributed by atoms with Gasteiger partial charge < -0.3 is 9.64 Å². The zero-order valence-electron chi connectivity index (χ0n) is 11.1. The van der Waals surface area contributed by atoms with E-state index in [9.17, 15) is 9.59 Å². The molecule has 0 aromatic heterocycles. The van der Waals surface area contributed by atoms with Crippen LogP contribution in [0.3, 0.4) is 0 Å². The number of fused-ring (bicyclic) bond motifs is 1. The first kappa shape index (κ1) is 14.5. The number of nitrogens with zero attached hydrogens (tertiary/aromatic N) is 1. The largest absolute Gasteiger partial charge is 0.466 e. The van der Waals surface area contributed by atoms with Gasteiger partial charge in [0.25, 0.3) is 5.91 Å². The van der Waals surface area contributed by atoms with E-state index in [1.165, 1.54) is 7.11 Å². The highest BCUT2D eigenvalue weighted by molar-refractivity contribution is 9.09. The summed E-state index contributed by atoms with van der Waals surface area (Å²) in [6, 6.07) is 7.38. The summed E-state index contributed by atoms with van der Waals surface area (Å²) < 4.78 is 4.76. The van der Waals surface area contributed by atoms with Crippen molar-refractivity contribution >= 4 is 39.1 Å². The summed E-state index contributed by atoms with van der Waals surface area (Å²) in [7, 11) is 1.30. The van der Waals surface area contributed by atoms with Crippen LogP contribution in [0.2, 0.25) is 0 Å². The summed E-state index contributed by atoms with van der Waals surface area (Å²) >= 11 is 3.26. The van der Waals surface area contributed by atoms with Crippen LogP contribution in [-0.2, 0) is 14.3 Å². The molecule has 104 valence electrons. The van der Waals surface area contributed by atoms with Gasteiger partial charge in [-0.3, -0.25) is 4.79 Å². The molecule has 0 radical (unpaired) electrons. The lowest BCUT2D eigenvalue weighted by Crippen LogP contribution is -2.27. The highest BCUT2D eigenvalue weighted by Gasteiger charge is 2.35. The molecule has 1 aromatic rings. The number of benzene rings is 1. The number of hydrogen-bond donors (Lipinski definition) is 0. The van der Waals surface area contributed by atoms with Gasteiger partial charge in [0.05, 0.1) is 23.9 Å². The Labute approximate surface area is 125 Å². The number of anilines is 1. The second-order valence-corrected chi connectivity index (χ2v) is 4.76. The quantitative estimate of drug-likeness (QED) is 0.367. The Morgan fingerprint density at radius 3 is 2.75 bits per heavy atom. The molecule has 0 N–H and O–H groups in total. The van der Waals surface area contributed by atoms with Gasteiger partial charge in [-0.2, -0.15) is 0 Å². The van der Waals surface area contributed by atoms with Gasteiger partial charge in [-0.1, -0.05) is 40.2 Å². The van der Waals surface area contributed by atoms with E-state index in [4.69, 9.17) is 4.74 Å². The second-order valence-electron chi connectivity index (χ2n) is 4.20. The van der Waals surface area contributed by atoms with Gasteiger partial charge in [0.15, 0.2) is 0 Å². The Kier molecular flexibility index (Phi) is 4.39. The summed E-state index contributed by atoms with van der Waals surface area (Å²) in [6.07, 6.45) is 1.66. The zero-order valence-corrected chi connectivity index (χ0v) is 12.6. The van der Waals surface area contributed by atoms with Gasteiger partial charge >= 0.3 is 5.97 Å². The van der Waals surface area contributed by atoms with Crippen LogP contribution in [0.25, 0.3) is 5.57 Å². The number of rotatable bonds is 4. The molecule has 5 heteroatoms. The van der Waals surface area contributed by atoms with Gasteiger partial charge in [-0.25, -0.2) is 4.79 Å². The number of halogens is 1. The molecule has 20 heavy (non-hydrogen) atoms. The van der Waals surface area contributed by atoms with E-state index in [-0.39, 0.29) is 11.2 Å². The van der Waals surface area contributed by atoms with E-state index in [0.29, 0.717) is 17.7 Å². The van der Waals surface area contributed by atoms with Crippen LogP contribution in [0.1, 0.15) is 5.56 Å². The zero-order chi connectivity index (χ0) is 14.7. The van der Waals surface area contributed by atoms with Gasteiger partial charge in [-0.15, -0.1) is 6.58 Å². The van der Waals surface area contributed by atoms with Crippen LogP contribution in [0.15, 0.2) is 42.5 Å². The first-order valence-corrected chi connectivity index (χ1v) is 7.17.